The second-order valence-electron chi connectivity index (χ2n) is 7.15. The summed E-state index contributed by atoms with van der Waals surface area (Å²) in [5.74, 6) is -0.793. The smallest absolute Gasteiger partial charge is 0.317 e. The van der Waals surface area contributed by atoms with Gasteiger partial charge < -0.3 is 10.4 Å². The fourth-order valence-corrected chi connectivity index (χ4v) is 3.85. The van der Waals surface area contributed by atoms with Crippen LogP contribution in [0.3, 0.4) is 0 Å². The Bertz CT molecular complexity index is 758. The lowest BCUT2D eigenvalue weighted by Gasteiger charge is -2.43. The van der Waals surface area contributed by atoms with Gasteiger partial charge in [0.25, 0.3) is 0 Å². The van der Waals surface area contributed by atoms with Gasteiger partial charge in [-0.2, -0.15) is 0 Å². The van der Waals surface area contributed by atoms with Crippen LogP contribution in [0, 0.1) is 11.7 Å². The van der Waals surface area contributed by atoms with Crippen LogP contribution in [-0.4, -0.2) is 55.8 Å². The van der Waals surface area contributed by atoms with E-state index in [-0.39, 0.29) is 29.2 Å². The van der Waals surface area contributed by atoms with Crippen LogP contribution >= 0.6 is 0 Å². The van der Waals surface area contributed by atoms with Crippen LogP contribution < -0.4 is 5.32 Å². The van der Waals surface area contributed by atoms with Gasteiger partial charge in [-0.15, -0.1) is 0 Å². The molecule has 25 heavy (non-hydrogen) atoms. The lowest BCUT2D eigenvalue weighted by Crippen LogP contribution is -2.52. The Kier molecular flexibility index (Phi) is 5.02. The molecule has 1 aromatic rings. The summed E-state index contributed by atoms with van der Waals surface area (Å²) in [6, 6.07) is 4.13. The van der Waals surface area contributed by atoms with E-state index >= 15 is 0 Å². The fourth-order valence-electron chi connectivity index (χ4n) is 3.22. The molecule has 0 bridgehead atoms. The van der Waals surface area contributed by atoms with Gasteiger partial charge in [-0.1, -0.05) is 0 Å². The quantitative estimate of drug-likeness (QED) is 0.728. The number of rotatable bonds is 8. The normalized spacial score (nSPS) is 23.3. The van der Waals surface area contributed by atoms with Crippen molar-refractivity contribution in [2.45, 2.75) is 42.7 Å². The van der Waals surface area contributed by atoms with Crippen molar-refractivity contribution in [3.8, 4) is 0 Å². The minimum absolute atomic E-state index is 0.0425. The van der Waals surface area contributed by atoms with E-state index in [1.165, 1.54) is 25.0 Å². The van der Waals surface area contributed by atoms with Crippen LogP contribution in [-0.2, 0) is 14.6 Å². The van der Waals surface area contributed by atoms with Crippen molar-refractivity contribution in [2.75, 3.05) is 24.7 Å². The first kappa shape index (κ1) is 18.1. The number of aliphatic carboxylic acids is 1. The molecule has 0 radical (unpaired) electrons. The van der Waals surface area contributed by atoms with Crippen LogP contribution in [0.5, 0.6) is 0 Å². The van der Waals surface area contributed by atoms with E-state index in [4.69, 9.17) is 5.11 Å². The van der Waals surface area contributed by atoms with Crippen molar-refractivity contribution in [3.63, 3.8) is 0 Å². The molecule has 2 fully saturated rings. The van der Waals surface area contributed by atoms with E-state index in [1.54, 1.807) is 0 Å². The Hall–Kier alpha value is -1.67. The molecule has 1 aromatic carbocycles. The minimum atomic E-state index is -3.43. The second kappa shape index (κ2) is 6.92. The number of halogens is 1. The maximum absolute atomic E-state index is 14.1. The predicted molar refractivity (Wildman–Crippen MR) is 91.9 cm³/mol. The zero-order valence-electron chi connectivity index (χ0n) is 14.1. The predicted octanol–water partition coefficient (Wildman–Crippen LogP) is 1.97. The van der Waals surface area contributed by atoms with Crippen molar-refractivity contribution in [3.05, 3.63) is 24.0 Å². The van der Waals surface area contributed by atoms with Gasteiger partial charge in [0.2, 0.25) is 0 Å². The number of benzene rings is 1. The lowest BCUT2D eigenvalue weighted by atomic mass is 9.85. The number of hydrogen-bond donors (Lipinski definition) is 2. The molecule has 0 atom stereocenters. The average Bonchev–Trinajstić information content (AvgIpc) is 3.25. The Labute approximate surface area is 146 Å². The van der Waals surface area contributed by atoms with Gasteiger partial charge in [0.05, 0.1) is 17.1 Å². The molecule has 2 N–H and O–H groups in total. The highest BCUT2D eigenvalue weighted by Crippen LogP contribution is 2.35. The van der Waals surface area contributed by atoms with Gasteiger partial charge in [0.15, 0.2) is 9.84 Å². The zero-order chi connectivity index (χ0) is 18.2. The van der Waals surface area contributed by atoms with Gasteiger partial charge in [-0.05, 0) is 49.8 Å². The molecule has 0 unspecified atom stereocenters. The zero-order valence-corrected chi connectivity index (χ0v) is 14.9. The molecule has 0 amide bonds. The van der Waals surface area contributed by atoms with E-state index in [9.17, 15) is 17.6 Å². The van der Waals surface area contributed by atoms with Crippen LogP contribution in [0.2, 0.25) is 0 Å². The molecule has 8 heteroatoms. The van der Waals surface area contributed by atoms with Crippen molar-refractivity contribution in [2.24, 2.45) is 5.92 Å². The van der Waals surface area contributed by atoms with Crippen molar-refractivity contribution in [1.82, 2.24) is 4.90 Å². The molecule has 2 saturated carbocycles. The van der Waals surface area contributed by atoms with E-state index in [1.807, 2.05) is 4.90 Å². The fraction of sp³-hybridized carbons (Fsp3) is 0.588. The monoisotopic (exact) mass is 370 g/mol. The van der Waals surface area contributed by atoms with E-state index in [0.717, 1.165) is 31.7 Å². The number of anilines is 1. The van der Waals surface area contributed by atoms with E-state index < -0.39 is 21.6 Å². The summed E-state index contributed by atoms with van der Waals surface area (Å²) in [7, 11) is -3.43. The topological polar surface area (TPSA) is 86.7 Å². The molecule has 6 nitrogen and oxygen atoms in total. The molecule has 2 aliphatic carbocycles. The number of carboxylic acids is 1. The standard InChI is InChI=1S/C17H23FN2O4S/c1-25(23,24)14-4-5-16(15(18)8-14)19-12-6-13(7-12)20(10-17(21)22)9-11-2-3-11/h4-5,8,11-13,19H,2-3,6-7,9-10H2,1H3,(H,21,22). The highest BCUT2D eigenvalue weighted by Gasteiger charge is 2.37. The molecule has 2 aliphatic rings. The van der Waals surface area contributed by atoms with Gasteiger partial charge >= 0.3 is 5.97 Å². The molecular formula is C17H23FN2O4S. The maximum Gasteiger partial charge on any atom is 0.317 e. The Morgan fingerprint density at radius 3 is 2.56 bits per heavy atom. The van der Waals surface area contributed by atoms with Gasteiger partial charge in [-0.3, -0.25) is 9.69 Å². The van der Waals surface area contributed by atoms with Crippen LogP contribution in [0.25, 0.3) is 0 Å². The number of sulfone groups is 1. The molecule has 0 aliphatic heterocycles. The van der Waals surface area contributed by atoms with E-state index in [0.29, 0.717) is 5.92 Å². The van der Waals surface area contributed by atoms with Crippen molar-refractivity contribution in [1.29, 1.82) is 0 Å². The van der Waals surface area contributed by atoms with E-state index in [2.05, 4.69) is 5.32 Å². The van der Waals surface area contributed by atoms with Crippen molar-refractivity contribution >= 4 is 21.5 Å². The first-order valence-electron chi connectivity index (χ1n) is 8.44. The number of carbonyl (C=O) groups is 1. The first-order chi connectivity index (χ1) is 11.7. The third-order valence-corrected chi connectivity index (χ3v) is 6.00. The summed E-state index contributed by atoms with van der Waals surface area (Å²) < 4.78 is 37.0. The third-order valence-electron chi connectivity index (χ3n) is 4.89. The SMILES string of the molecule is CS(=O)(=O)c1ccc(NC2CC(N(CC(=O)O)CC3CC3)C2)c(F)c1. The van der Waals surface area contributed by atoms with Gasteiger partial charge in [0.1, 0.15) is 5.82 Å². The van der Waals surface area contributed by atoms with Crippen molar-refractivity contribution < 1.29 is 22.7 Å². The highest BCUT2D eigenvalue weighted by molar-refractivity contribution is 7.90. The molecule has 0 heterocycles. The molecule has 0 aromatic heterocycles. The molecule has 0 spiro atoms. The Morgan fingerprint density at radius 2 is 2.04 bits per heavy atom. The summed E-state index contributed by atoms with van der Waals surface area (Å²) in [6.45, 7) is 0.867. The summed E-state index contributed by atoms with van der Waals surface area (Å²) >= 11 is 0. The summed E-state index contributed by atoms with van der Waals surface area (Å²) in [5, 5.41) is 12.1. The Balaban J connectivity index is 1.56. The molecule has 3 rings (SSSR count). The second-order valence-corrected chi connectivity index (χ2v) is 9.16. The number of nitrogens with zero attached hydrogens (tertiary/aromatic N) is 1. The van der Waals surface area contributed by atoms with Crippen LogP contribution in [0.15, 0.2) is 23.1 Å². The number of carboxylic acid groups (broad SMARTS) is 1. The minimum Gasteiger partial charge on any atom is -0.480 e. The third kappa shape index (κ3) is 4.70. The lowest BCUT2D eigenvalue weighted by molar-refractivity contribution is -0.139. The summed E-state index contributed by atoms with van der Waals surface area (Å²) in [5.41, 5.74) is 0.280. The summed E-state index contributed by atoms with van der Waals surface area (Å²) in [4.78, 5) is 13.0. The van der Waals surface area contributed by atoms with Crippen LogP contribution in [0.1, 0.15) is 25.7 Å². The van der Waals surface area contributed by atoms with Gasteiger partial charge in [0, 0.05) is 24.9 Å². The number of hydrogen-bond acceptors (Lipinski definition) is 5. The maximum atomic E-state index is 14.1. The average molecular weight is 370 g/mol. The molecule has 138 valence electrons. The molecular weight excluding hydrogens is 347 g/mol. The number of nitrogens with one attached hydrogen (secondary N) is 1. The first-order valence-corrected chi connectivity index (χ1v) is 10.3. The largest absolute Gasteiger partial charge is 0.480 e. The van der Waals surface area contributed by atoms with Crippen LogP contribution in [0.4, 0.5) is 10.1 Å². The van der Waals surface area contributed by atoms with Gasteiger partial charge in [-0.25, -0.2) is 12.8 Å². The Morgan fingerprint density at radius 1 is 1.36 bits per heavy atom. The molecule has 0 saturated heterocycles. The summed E-state index contributed by atoms with van der Waals surface area (Å²) in [6.07, 6.45) is 4.90. The highest BCUT2D eigenvalue weighted by atomic mass is 32.2.